The molecule has 0 aliphatic carbocycles. The molecular formula is C12H14N6OS. The van der Waals surface area contributed by atoms with Crippen LogP contribution in [0.5, 0.6) is 0 Å². The van der Waals surface area contributed by atoms with Gasteiger partial charge in [0.15, 0.2) is 5.82 Å². The van der Waals surface area contributed by atoms with Crippen molar-refractivity contribution in [2.75, 3.05) is 23.8 Å². The number of thiazole rings is 1. The number of aliphatic hydroxyl groups is 1. The maximum Gasteiger partial charge on any atom is 0.212 e. The highest BCUT2D eigenvalue weighted by molar-refractivity contribution is 7.12. The first-order valence-corrected chi connectivity index (χ1v) is 7.20. The molecule has 0 bridgehead atoms. The van der Waals surface area contributed by atoms with Gasteiger partial charge in [-0.1, -0.05) is 0 Å². The van der Waals surface area contributed by atoms with Crippen molar-refractivity contribution < 1.29 is 5.11 Å². The Morgan fingerprint density at radius 3 is 3.10 bits per heavy atom. The van der Waals surface area contributed by atoms with Crippen LogP contribution in [0.1, 0.15) is 18.4 Å². The Kier molecular flexibility index (Phi) is 3.30. The minimum atomic E-state index is 0.00106. The van der Waals surface area contributed by atoms with Crippen molar-refractivity contribution in [1.82, 2.24) is 14.8 Å². The van der Waals surface area contributed by atoms with Gasteiger partial charge in [0, 0.05) is 18.1 Å². The summed E-state index contributed by atoms with van der Waals surface area (Å²) in [5.74, 6) is 0.831. The number of nitrogen functional groups attached to an aromatic ring is 1. The molecule has 0 aromatic carbocycles. The Bertz CT molecular complexity index is 644. The summed E-state index contributed by atoms with van der Waals surface area (Å²) < 4.78 is 1.49. The summed E-state index contributed by atoms with van der Waals surface area (Å²) in [5, 5.41) is 25.7. The lowest BCUT2D eigenvalue weighted by molar-refractivity contribution is 0.266. The smallest absolute Gasteiger partial charge is 0.212 e. The summed E-state index contributed by atoms with van der Waals surface area (Å²) in [5.41, 5.74) is 6.36. The fourth-order valence-electron chi connectivity index (χ4n) is 2.50. The molecule has 3 N–H and O–H groups in total. The molecule has 3 heterocycles. The average molecular weight is 290 g/mol. The molecule has 1 aliphatic heterocycles. The van der Waals surface area contributed by atoms with Crippen molar-refractivity contribution in [2.24, 2.45) is 0 Å². The Hall–Kier alpha value is -2.11. The van der Waals surface area contributed by atoms with Crippen LogP contribution in [-0.2, 0) is 0 Å². The van der Waals surface area contributed by atoms with Gasteiger partial charge in [0.05, 0.1) is 12.6 Å². The highest BCUT2D eigenvalue weighted by atomic mass is 32.1. The molecule has 2 aromatic rings. The second-order valence-corrected chi connectivity index (χ2v) is 5.47. The monoisotopic (exact) mass is 290 g/mol. The largest absolute Gasteiger partial charge is 0.394 e. The van der Waals surface area contributed by atoms with E-state index >= 15 is 0 Å². The molecule has 0 saturated carbocycles. The minimum absolute atomic E-state index is 0.00106. The third-order valence-electron chi connectivity index (χ3n) is 3.47. The topological polar surface area (TPSA) is 104 Å². The summed E-state index contributed by atoms with van der Waals surface area (Å²) in [6.45, 7) is 0.823. The summed E-state index contributed by atoms with van der Waals surface area (Å²) in [6.07, 6.45) is 3.53. The first-order chi connectivity index (χ1) is 9.76. The van der Waals surface area contributed by atoms with E-state index in [1.165, 1.54) is 16.0 Å². The van der Waals surface area contributed by atoms with Gasteiger partial charge in [-0.25, -0.2) is 4.98 Å². The van der Waals surface area contributed by atoms with Crippen molar-refractivity contribution in [3.8, 4) is 11.2 Å². The van der Waals surface area contributed by atoms with Gasteiger partial charge in [0.2, 0.25) is 5.13 Å². The maximum absolute atomic E-state index is 9.42. The molecule has 1 unspecified atom stereocenters. The van der Waals surface area contributed by atoms with E-state index in [9.17, 15) is 10.4 Å². The molecular weight excluding hydrogens is 276 g/mol. The summed E-state index contributed by atoms with van der Waals surface area (Å²) in [7, 11) is 0. The standard InChI is InChI=1S/C12H14N6OS/c13-6-9-10(14)18(12-15-3-5-20-12)16-11(9)17-4-1-2-8(17)7-19/h3,5,8,19H,1-2,4,7,14H2. The van der Waals surface area contributed by atoms with E-state index in [0.29, 0.717) is 22.3 Å². The predicted octanol–water partition coefficient (Wildman–Crippen LogP) is 0.744. The zero-order valence-electron chi connectivity index (χ0n) is 10.7. The number of aliphatic hydroxyl groups excluding tert-OH is 1. The molecule has 2 aromatic heterocycles. The first kappa shape index (κ1) is 12.9. The molecule has 1 fully saturated rings. The van der Waals surface area contributed by atoms with Gasteiger partial charge in [-0.3, -0.25) is 0 Å². The van der Waals surface area contributed by atoms with Crippen molar-refractivity contribution in [3.05, 3.63) is 17.1 Å². The van der Waals surface area contributed by atoms with Crippen molar-refractivity contribution >= 4 is 23.0 Å². The van der Waals surface area contributed by atoms with Crippen LogP contribution in [0, 0.1) is 11.3 Å². The lowest BCUT2D eigenvalue weighted by Crippen LogP contribution is -2.33. The number of anilines is 2. The normalized spacial score (nSPS) is 18.4. The molecule has 7 nitrogen and oxygen atoms in total. The van der Waals surface area contributed by atoms with Crippen LogP contribution in [0.4, 0.5) is 11.6 Å². The lowest BCUT2D eigenvalue weighted by atomic mass is 10.2. The number of hydrogen-bond acceptors (Lipinski definition) is 7. The number of rotatable bonds is 3. The van der Waals surface area contributed by atoms with E-state index in [1.54, 1.807) is 6.20 Å². The molecule has 1 aliphatic rings. The van der Waals surface area contributed by atoms with Gasteiger partial charge in [0.25, 0.3) is 0 Å². The summed E-state index contributed by atoms with van der Waals surface area (Å²) in [6, 6.07) is 2.11. The van der Waals surface area contributed by atoms with E-state index < -0.39 is 0 Å². The average Bonchev–Trinajstić information content (AvgIpc) is 3.17. The van der Waals surface area contributed by atoms with Crippen LogP contribution in [0.2, 0.25) is 0 Å². The highest BCUT2D eigenvalue weighted by Gasteiger charge is 2.30. The zero-order valence-corrected chi connectivity index (χ0v) is 11.5. The second kappa shape index (κ2) is 5.11. The highest BCUT2D eigenvalue weighted by Crippen LogP contribution is 2.32. The Balaban J connectivity index is 2.08. The van der Waals surface area contributed by atoms with E-state index in [4.69, 9.17) is 5.73 Å². The van der Waals surface area contributed by atoms with Gasteiger partial charge in [0.1, 0.15) is 17.5 Å². The van der Waals surface area contributed by atoms with Gasteiger partial charge in [-0.15, -0.1) is 16.4 Å². The zero-order chi connectivity index (χ0) is 14.1. The third kappa shape index (κ3) is 1.92. The van der Waals surface area contributed by atoms with Crippen LogP contribution < -0.4 is 10.6 Å². The van der Waals surface area contributed by atoms with Crippen molar-refractivity contribution in [2.45, 2.75) is 18.9 Å². The lowest BCUT2D eigenvalue weighted by Gasteiger charge is -2.22. The molecule has 1 saturated heterocycles. The molecule has 0 radical (unpaired) electrons. The predicted molar refractivity (Wildman–Crippen MR) is 75.8 cm³/mol. The summed E-state index contributed by atoms with van der Waals surface area (Å²) >= 11 is 1.40. The number of nitrogens with two attached hydrogens (primary N) is 1. The van der Waals surface area contributed by atoms with E-state index in [2.05, 4.69) is 16.2 Å². The van der Waals surface area contributed by atoms with Gasteiger partial charge >= 0.3 is 0 Å². The second-order valence-electron chi connectivity index (χ2n) is 4.59. The Morgan fingerprint density at radius 1 is 1.60 bits per heavy atom. The third-order valence-corrected chi connectivity index (χ3v) is 4.22. The van der Waals surface area contributed by atoms with E-state index in [1.807, 2.05) is 10.3 Å². The van der Waals surface area contributed by atoms with Crippen molar-refractivity contribution in [3.63, 3.8) is 0 Å². The van der Waals surface area contributed by atoms with Crippen LogP contribution in [-0.4, -0.2) is 39.1 Å². The molecule has 3 rings (SSSR count). The van der Waals surface area contributed by atoms with Crippen LogP contribution in [0.3, 0.4) is 0 Å². The first-order valence-electron chi connectivity index (χ1n) is 6.32. The SMILES string of the molecule is N#Cc1c(N2CCCC2CO)nn(-c2nccs2)c1N. The Labute approximate surface area is 119 Å². The quantitative estimate of drug-likeness (QED) is 0.864. The van der Waals surface area contributed by atoms with Gasteiger partial charge in [-0.2, -0.15) is 9.94 Å². The number of hydrogen-bond donors (Lipinski definition) is 2. The van der Waals surface area contributed by atoms with Crippen LogP contribution >= 0.6 is 11.3 Å². The van der Waals surface area contributed by atoms with E-state index in [-0.39, 0.29) is 12.6 Å². The summed E-state index contributed by atoms with van der Waals surface area (Å²) in [4.78, 5) is 6.12. The van der Waals surface area contributed by atoms with E-state index in [0.717, 1.165) is 19.4 Å². The minimum Gasteiger partial charge on any atom is -0.394 e. The molecule has 1 atom stereocenters. The number of aromatic nitrogens is 3. The molecule has 8 heteroatoms. The van der Waals surface area contributed by atoms with Crippen LogP contribution in [0.15, 0.2) is 11.6 Å². The molecule has 20 heavy (non-hydrogen) atoms. The molecule has 104 valence electrons. The van der Waals surface area contributed by atoms with Gasteiger partial charge in [-0.05, 0) is 12.8 Å². The Morgan fingerprint density at radius 2 is 2.45 bits per heavy atom. The molecule has 0 amide bonds. The fraction of sp³-hybridized carbons (Fsp3) is 0.417. The van der Waals surface area contributed by atoms with Gasteiger partial charge < -0.3 is 15.7 Å². The van der Waals surface area contributed by atoms with Crippen molar-refractivity contribution in [1.29, 1.82) is 5.26 Å². The van der Waals surface area contributed by atoms with Crippen LogP contribution in [0.25, 0.3) is 5.13 Å². The molecule has 0 spiro atoms. The number of nitrogens with zero attached hydrogens (tertiary/aromatic N) is 5. The maximum atomic E-state index is 9.42. The fourth-order valence-corrected chi connectivity index (χ4v) is 3.10. The number of nitriles is 1.